The van der Waals surface area contributed by atoms with Gasteiger partial charge in [0.2, 0.25) is 0 Å². The summed E-state index contributed by atoms with van der Waals surface area (Å²) in [4.78, 5) is 0. The van der Waals surface area contributed by atoms with E-state index in [0.29, 0.717) is 17.8 Å². The van der Waals surface area contributed by atoms with Crippen LogP contribution in [0.4, 0.5) is 0 Å². The molecule has 1 heterocycles. The molecule has 5 atom stereocenters. The van der Waals surface area contributed by atoms with E-state index in [9.17, 15) is 5.11 Å². The lowest BCUT2D eigenvalue weighted by Crippen LogP contribution is -2.33. The van der Waals surface area contributed by atoms with Crippen molar-refractivity contribution < 1.29 is 14.6 Å². The van der Waals surface area contributed by atoms with Crippen LogP contribution in [-0.2, 0) is 9.47 Å². The van der Waals surface area contributed by atoms with Crippen LogP contribution in [0, 0.1) is 17.8 Å². The lowest BCUT2D eigenvalue weighted by Gasteiger charge is -2.32. The van der Waals surface area contributed by atoms with Gasteiger partial charge < -0.3 is 14.6 Å². The molecule has 1 N–H and O–H groups in total. The summed E-state index contributed by atoms with van der Waals surface area (Å²) >= 11 is 0. The molecular weight excluding hydrogens is 168 g/mol. The Morgan fingerprint density at radius 3 is 2.85 bits per heavy atom. The first-order chi connectivity index (χ1) is 6.22. The van der Waals surface area contributed by atoms with E-state index in [2.05, 4.69) is 6.92 Å². The first-order valence-electron chi connectivity index (χ1n) is 5.05. The fraction of sp³-hybridized carbons (Fsp3) is 1.00. The van der Waals surface area contributed by atoms with Gasteiger partial charge in [0, 0.05) is 13.5 Å². The van der Waals surface area contributed by atoms with Crippen LogP contribution in [0.1, 0.15) is 19.8 Å². The average Bonchev–Trinajstić information content (AvgIpc) is 2.42. The quantitative estimate of drug-likeness (QED) is 0.664. The Hall–Kier alpha value is -0.120. The fourth-order valence-electron chi connectivity index (χ4n) is 2.67. The van der Waals surface area contributed by atoms with Gasteiger partial charge in [-0.1, -0.05) is 6.92 Å². The lowest BCUT2D eigenvalue weighted by molar-refractivity contribution is -0.175. The molecule has 0 aromatic carbocycles. The molecule has 1 saturated heterocycles. The molecule has 2 fully saturated rings. The number of hydrogen-bond donors (Lipinski definition) is 1. The van der Waals surface area contributed by atoms with Crippen LogP contribution in [0.3, 0.4) is 0 Å². The number of aliphatic hydroxyl groups excluding tert-OH is 1. The molecule has 0 radical (unpaired) electrons. The van der Waals surface area contributed by atoms with Crippen molar-refractivity contribution in [2.45, 2.75) is 32.2 Å². The zero-order chi connectivity index (χ0) is 9.42. The minimum atomic E-state index is -0.130. The van der Waals surface area contributed by atoms with Crippen molar-refractivity contribution in [3.8, 4) is 0 Å². The highest BCUT2D eigenvalue weighted by Crippen LogP contribution is 2.42. The minimum Gasteiger partial charge on any atom is -0.393 e. The average molecular weight is 186 g/mol. The maximum Gasteiger partial charge on any atom is 0.157 e. The molecule has 76 valence electrons. The smallest absolute Gasteiger partial charge is 0.157 e. The molecule has 0 amide bonds. The molecule has 0 aromatic rings. The van der Waals surface area contributed by atoms with Crippen LogP contribution in [0.25, 0.3) is 0 Å². The summed E-state index contributed by atoms with van der Waals surface area (Å²) in [5.41, 5.74) is 0. The Kier molecular flexibility index (Phi) is 2.58. The Balaban J connectivity index is 1.99. The molecule has 3 heteroatoms. The van der Waals surface area contributed by atoms with Crippen LogP contribution in [-0.4, -0.2) is 31.2 Å². The minimum absolute atomic E-state index is 0.0428. The van der Waals surface area contributed by atoms with Crippen LogP contribution >= 0.6 is 0 Å². The number of aliphatic hydroxyl groups is 1. The van der Waals surface area contributed by atoms with Crippen LogP contribution < -0.4 is 0 Å². The van der Waals surface area contributed by atoms with Gasteiger partial charge >= 0.3 is 0 Å². The summed E-state index contributed by atoms with van der Waals surface area (Å²) < 4.78 is 10.7. The van der Waals surface area contributed by atoms with Gasteiger partial charge in [-0.2, -0.15) is 0 Å². The summed E-state index contributed by atoms with van der Waals surface area (Å²) in [6.45, 7) is 2.87. The topological polar surface area (TPSA) is 38.7 Å². The van der Waals surface area contributed by atoms with Crippen molar-refractivity contribution in [2.24, 2.45) is 17.8 Å². The largest absolute Gasteiger partial charge is 0.393 e. The van der Waals surface area contributed by atoms with E-state index in [4.69, 9.17) is 9.47 Å². The number of ether oxygens (including phenoxy) is 2. The molecule has 0 aromatic heterocycles. The fourth-order valence-corrected chi connectivity index (χ4v) is 2.67. The Morgan fingerprint density at radius 2 is 2.15 bits per heavy atom. The number of fused-ring (bicyclic) bond motifs is 1. The summed E-state index contributed by atoms with van der Waals surface area (Å²) in [7, 11) is 1.68. The predicted molar refractivity (Wildman–Crippen MR) is 48.1 cm³/mol. The van der Waals surface area contributed by atoms with Gasteiger partial charge in [0.05, 0.1) is 12.7 Å². The highest BCUT2D eigenvalue weighted by Gasteiger charge is 2.43. The first-order valence-corrected chi connectivity index (χ1v) is 5.05. The van der Waals surface area contributed by atoms with Crippen LogP contribution in [0.15, 0.2) is 0 Å². The molecule has 0 spiro atoms. The summed E-state index contributed by atoms with van der Waals surface area (Å²) in [6, 6.07) is 0. The van der Waals surface area contributed by atoms with Gasteiger partial charge in [0.1, 0.15) is 0 Å². The van der Waals surface area contributed by atoms with E-state index >= 15 is 0 Å². The highest BCUT2D eigenvalue weighted by molar-refractivity contribution is 4.91. The van der Waals surface area contributed by atoms with E-state index in [1.54, 1.807) is 7.11 Å². The van der Waals surface area contributed by atoms with Crippen molar-refractivity contribution in [1.29, 1.82) is 0 Å². The summed E-state index contributed by atoms with van der Waals surface area (Å²) in [5.74, 6) is 1.54. The molecule has 1 aliphatic carbocycles. The second kappa shape index (κ2) is 3.56. The van der Waals surface area contributed by atoms with Gasteiger partial charge in [0.15, 0.2) is 6.29 Å². The van der Waals surface area contributed by atoms with Crippen molar-refractivity contribution in [1.82, 2.24) is 0 Å². The van der Waals surface area contributed by atoms with Gasteiger partial charge in [-0.15, -0.1) is 0 Å². The number of rotatable bonds is 1. The zero-order valence-electron chi connectivity index (χ0n) is 8.27. The van der Waals surface area contributed by atoms with Crippen molar-refractivity contribution in [3.63, 3.8) is 0 Å². The maximum absolute atomic E-state index is 9.69. The van der Waals surface area contributed by atoms with E-state index in [0.717, 1.165) is 19.4 Å². The molecule has 2 aliphatic rings. The Bertz CT molecular complexity index is 183. The third-order valence-electron chi connectivity index (χ3n) is 3.66. The number of hydrogen-bond acceptors (Lipinski definition) is 3. The third-order valence-corrected chi connectivity index (χ3v) is 3.66. The molecule has 1 saturated carbocycles. The van der Waals surface area contributed by atoms with Crippen molar-refractivity contribution in [2.75, 3.05) is 13.7 Å². The molecule has 1 aliphatic heterocycles. The summed E-state index contributed by atoms with van der Waals surface area (Å²) in [6.07, 6.45) is 1.70. The molecule has 2 rings (SSSR count). The van der Waals surface area contributed by atoms with Gasteiger partial charge in [-0.25, -0.2) is 0 Å². The second-order valence-electron chi connectivity index (χ2n) is 4.32. The van der Waals surface area contributed by atoms with Crippen molar-refractivity contribution >= 4 is 0 Å². The maximum atomic E-state index is 9.69. The van der Waals surface area contributed by atoms with E-state index in [1.807, 2.05) is 0 Å². The third kappa shape index (κ3) is 1.60. The highest BCUT2D eigenvalue weighted by atomic mass is 16.7. The first kappa shape index (κ1) is 9.44. The predicted octanol–water partition coefficient (Wildman–Crippen LogP) is 1.01. The number of methoxy groups -OCH3 is 1. The molecule has 2 unspecified atom stereocenters. The standard InChI is InChI=1S/C10H18O3/c1-6-8-5-13-10(12-2)4-7(8)3-9(6)11/h6-11H,3-5H2,1-2H3/t6?,7-,8-,9?,10-/m0/s1. The van der Waals surface area contributed by atoms with Crippen molar-refractivity contribution in [3.05, 3.63) is 0 Å². The van der Waals surface area contributed by atoms with E-state index < -0.39 is 0 Å². The van der Waals surface area contributed by atoms with Crippen LogP contribution in [0.2, 0.25) is 0 Å². The second-order valence-corrected chi connectivity index (χ2v) is 4.32. The Labute approximate surface area is 79.0 Å². The van der Waals surface area contributed by atoms with E-state index in [-0.39, 0.29) is 12.4 Å². The Morgan fingerprint density at radius 1 is 1.38 bits per heavy atom. The molecule has 0 bridgehead atoms. The molecular formula is C10H18O3. The SMILES string of the molecule is CO[C@@H]1C[C@@H]2CC(O)C(C)[C@@H]2CO1. The van der Waals surface area contributed by atoms with Crippen LogP contribution in [0.5, 0.6) is 0 Å². The molecule has 3 nitrogen and oxygen atoms in total. The normalized spacial score (nSPS) is 50.5. The van der Waals surface area contributed by atoms with E-state index in [1.165, 1.54) is 0 Å². The molecule has 13 heavy (non-hydrogen) atoms. The van der Waals surface area contributed by atoms with Gasteiger partial charge in [-0.05, 0) is 24.2 Å². The summed E-state index contributed by atoms with van der Waals surface area (Å²) in [5, 5.41) is 9.69. The van der Waals surface area contributed by atoms with Gasteiger partial charge in [-0.3, -0.25) is 0 Å². The zero-order valence-corrected chi connectivity index (χ0v) is 8.27. The monoisotopic (exact) mass is 186 g/mol. The van der Waals surface area contributed by atoms with Gasteiger partial charge in [0.25, 0.3) is 0 Å². The lowest BCUT2D eigenvalue weighted by atomic mass is 9.87.